The summed E-state index contributed by atoms with van der Waals surface area (Å²) in [6.45, 7) is -0.170. The van der Waals surface area contributed by atoms with Gasteiger partial charge in [-0.3, -0.25) is 0 Å². The van der Waals surface area contributed by atoms with Gasteiger partial charge in [-0.25, -0.2) is 27.2 Å². The van der Waals surface area contributed by atoms with Crippen LogP contribution in [0.1, 0.15) is 12.6 Å². The highest BCUT2D eigenvalue weighted by Gasteiger charge is 2.46. The summed E-state index contributed by atoms with van der Waals surface area (Å²) < 4.78 is 69.5. The van der Waals surface area contributed by atoms with Gasteiger partial charge >= 0.3 is 6.18 Å². The third kappa shape index (κ3) is 3.63. The molecule has 0 aliphatic carbocycles. The molecule has 0 spiro atoms. The van der Waals surface area contributed by atoms with Crippen molar-refractivity contribution in [2.75, 3.05) is 19.3 Å². The van der Waals surface area contributed by atoms with E-state index in [0.717, 1.165) is 13.1 Å². The van der Waals surface area contributed by atoms with E-state index >= 15 is 0 Å². The average molecular weight is 432 g/mol. The Morgan fingerprint density at radius 2 is 2.12 bits per heavy atom. The van der Waals surface area contributed by atoms with E-state index in [1.807, 2.05) is 0 Å². The topological polar surface area (TPSA) is 83.9 Å². The fourth-order valence-electron chi connectivity index (χ4n) is 2.36. The van der Waals surface area contributed by atoms with E-state index in [9.17, 15) is 21.8 Å². The molecule has 1 aromatic heterocycles. The second-order valence-corrected chi connectivity index (χ2v) is 8.41. The molecule has 1 aliphatic rings. The Morgan fingerprint density at radius 3 is 2.67 bits per heavy atom. The maximum absolute atomic E-state index is 14.1. The lowest BCUT2D eigenvalue weighted by atomic mass is 10.00. The molecule has 24 heavy (non-hydrogen) atoms. The summed E-state index contributed by atoms with van der Waals surface area (Å²) >= 11 is 3.09. The number of hydrogen-bond donors (Lipinski definition) is 1. The zero-order valence-corrected chi connectivity index (χ0v) is 15.0. The molecule has 0 saturated carbocycles. The lowest BCUT2D eigenvalue weighted by Crippen LogP contribution is -2.55. The number of nitrogens with zero attached hydrogens (tertiary/aromatic N) is 4. The van der Waals surface area contributed by atoms with E-state index in [1.54, 1.807) is 0 Å². The molecule has 134 valence electrons. The van der Waals surface area contributed by atoms with Crippen LogP contribution in [0.5, 0.6) is 0 Å². The first-order valence-corrected chi connectivity index (χ1v) is 8.99. The van der Waals surface area contributed by atoms with Crippen LogP contribution in [0.2, 0.25) is 0 Å². The molecule has 2 heterocycles. The van der Waals surface area contributed by atoms with Crippen LogP contribution < -0.4 is 5.73 Å². The maximum atomic E-state index is 14.1. The number of aromatic nitrogens is 1. The number of alkyl halides is 3. The Balaban J connectivity index is 2.61. The smallest absolute Gasteiger partial charge is 0.369 e. The lowest BCUT2D eigenvalue weighted by molar-refractivity contribution is -0.130. The Labute approximate surface area is 144 Å². The van der Waals surface area contributed by atoms with Gasteiger partial charge in [0.05, 0.1) is 5.75 Å². The Kier molecular flexibility index (Phi) is 4.83. The highest BCUT2D eigenvalue weighted by molar-refractivity contribution is 9.10. The largest absolute Gasteiger partial charge is 0.407 e. The highest BCUT2D eigenvalue weighted by atomic mass is 79.9. The molecular formula is C12H14BrF4N5OS. The van der Waals surface area contributed by atoms with Crippen molar-refractivity contribution in [2.45, 2.75) is 18.6 Å². The monoisotopic (exact) mass is 431 g/mol. The number of pyridine rings is 1. The van der Waals surface area contributed by atoms with Crippen LogP contribution in [0.3, 0.4) is 0 Å². The Hall–Kier alpha value is -1.43. The summed E-state index contributed by atoms with van der Waals surface area (Å²) in [5.41, 5.74) is 3.92. The number of aliphatic imine (C=N–C) groups is 1. The molecule has 6 nitrogen and oxygen atoms in total. The Bertz CT molecular complexity index is 805. The van der Waals surface area contributed by atoms with Crippen molar-refractivity contribution in [3.8, 4) is 0 Å². The molecule has 0 amide bonds. The first-order valence-electron chi connectivity index (χ1n) is 6.55. The number of rotatable bonds is 2. The minimum absolute atomic E-state index is 0.178. The molecule has 0 fully saturated rings. The molecule has 0 bridgehead atoms. The second kappa shape index (κ2) is 6.14. The average Bonchev–Trinajstić information content (AvgIpc) is 2.44. The first-order chi connectivity index (χ1) is 10.9. The van der Waals surface area contributed by atoms with Gasteiger partial charge in [-0.2, -0.15) is 13.2 Å². The SMILES string of the molecule is CN=S1(=O)C[C@@](C)(c2nc(Br)ccc2F)N=C(N)N1CC(F)(F)F. The first kappa shape index (κ1) is 18.9. The van der Waals surface area contributed by atoms with Gasteiger partial charge in [-0.15, -0.1) is 0 Å². The summed E-state index contributed by atoms with van der Waals surface area (Å²) in [5, 5.41) is 0. The number of nitrogens with two attached hydrogens (primary N) is 1. The summed E-state index contributed by atoms with van der Waals surface area (Å²) in [5.74, 6) is -1.84. The fraction of sp³-hybridized carbons (Fsp3) is 0.500. The van der Waals surface area contributed by atoms with Crippen LogP contribution in [0.25, 0.3) is 0 Å². The minimum Gasteiger partial charge on any atom is -0.369 e. The fourth-order valence-corrected chi connectivity index (χ4v) is 4.76. The molecule has 0 aromatic carbocycles. The minimum atomic E-state index is -4.65. The molecule has 0 radical (unpaired) electrons. The molecule has 2 atom stereocenters. The zero-order valence-electron chi connectivity index (χ0n) is 12.6. The molecule has 2 N–H and O–H groups in total. The molecular weight excluding hydrogens is 418 g/mol. The summed E-state index contributed by atoms with van der Waals surface area (Å²) in [7, 11) is -2.46. The predicted octanol–water partition coefficient (Wildman–Crippen LogP) is 2.40. The lowest BCUT2D eigenvalue weighted by Gasteiger charge is -2.38. The predicted molar refractivity (Wildman–Crippen MR) is 85.0 cm³/mol. The van der Waals surface area contributed by atoms with Crippen LogP contribution in [-0.2, 0) is 15.5 Å². The highest BCUT2D eigenvalue weighted by Crippen LogP contribution is 2.35. The van der Waals surface area contributed by atoms with Crippen molar-refractivity contribution in [1.29, 1.82) is 0 Å². The normalized spacial score (nSPS) is 27.8. The van der Waals surface area contributed by atoms with E-state index in [2.05, 4.69) is 30.3 Å². The van der Waals surface area contributed by atoms with E-state index in [1.165, 1.54) is 13.0 Å². The molecule has 1 aliphatic heterocycles. The molecule has 12 heteroatoms. The van der Waals surface area contributed by atoms with Crippen LogP contribution in [0, 0.1) is 5.82 Å². The summed E-state index contributed by atoms with van der Waals surface area (Å²) in [6, 6.07) is 2.48. The van der Waals surface area contributed by atoms with Crippen molar-refractivity contribution < 1.29 is 21.8 Å². The maximum Gasteiger partial charge on any atom is 0.407 e. The van der Waals surface area contributed by atoms with E-state index in [4.69, 9.17) is 5.73 Å². The number of hydrogen-bond acceptors (Lipinski definition) is 5. The number of halogens is 5. The van der Waals surface area contributed by atoms with Crippen molar-refractivity contribution in [1.82, 2.24) is 9.29 Å². The van der Waals surface area contributed by atoms with Gasteiger partial charge in [0.2, 0.25) is 5.96 Å². The zero-order chi connectivity index (χ0) is 18.3. The van der Waals surface area contributed by atoms with Gasteiger partial charge < -0.3 is 5.73 Å². The van der Waals surface area contributed by atoms with Gasteiger partial charge in [0, 0.05) is 7.05 Å². The Morgan fingerprint density at radius 1 is 1.50 bits per heavy atom. The van der Waals surface area contributed by atoms with Crippen LogP contribution in [0.15, 0.2) is 26.1 Å². The number of guanidine groups is 1. The van der Waals surface area contributed by atoms with Crippen molar-refractivity contribution in [3.63, 3.8) is 0 Å². The van der Waals surface area contributed by atoms with E-state index < -0.39 is 45.7 Å². The standard InChI is InChI=1S/C12H14BrF4N5OS/c1-11(9-7(14)3-4-8(13)20-9)6-24(23,19-2)22(10(18)21-11)5-12(15,16)17/h3-4H,5-6H2,1-2H3,(H2,18,21)/t11-,24?/m0/s1. The van der Waals surface area contributed by atoms with Crippen molar-refractivity contribution in [3.05, 3.63) is 28.2 Å². The second-order valence-electron chi connectivity index (χ2n) is 5.29. The van der Waals surface area contributed by atoms with Gasteiger partial charge in [-0.05, 0) is 35.0 Å². The van der Waals surface area contributed by atoms with Crippen molar-refractivity contribution >= 4 is 31.8 Å². The van der Waals surface area contributed by atoms with E-state index in [-0.39, 0.29) is 5.69 Å². The molecule has 0 saturated heterocycles. The van der Waals surface area contributed by atoms with Gasteiger partial charge in [-0.1, -0.05) is 0 Å². The quantitative estimate of drug-likeness (QED) is 0.576. The third-order valence-corrected chi connectivity index (χ3v) is 6.32. The van der Waals surface area contributed by atoms with Gasteiger partial charge in [0.15, 0.2) is 0 Å². The molecule has 2 rings (SSSR count). The van der Waals surface area contributed by atoms with Crippen molar-refractivity contribution in [2.24, 2.45) is 15.1 Å². The third-order valence-electron chi connectivity index (χ3n) is 3.36. The summed E-state index contributed by atoms with van der Waals surface area (Å²) in [6.07, 6.45) is -4.65. The molecule has 1 aromatic rings. The van der Waals surface area contributed by atoms with Gasteiger partial charge in [0.25, 0.3) is 0 Å². The molecule has 1 unspecified atom stereocenters. The van der Waals surface area contributed by atoms with Crippen LogP contribution in [-0.4, -0.2) is 45.0 Å². The summed E-state index contributed by atoms with van der Waals surface area (Å²) in [4.78, 5) is 7.93. The van der Waals surface area contributed by atoms with Crippen LogP contribution >= 0.6 is 15.9 Å². The van der Waals surface area contributed by atoms with Crippen LogP contribution in [0.4, 0.5) is 17.6 Å². The van der Waals surface area contributed by atoms with E-state index in [0.29, 0.717) is 8.91 Å². The van der Waals surface area contributed by atoms with Gasteiger partial charge in [0.1, 0.15) is 38.1 Å².